The number of nitrogens with zero attached hydrogens (tertiary/aromatic N) is 1. The van der Waals surface area contributed by atoms with Gasteiger partial charge in [0.25, 0.3) is 0 Å². The van der Waals surface area contributed by atoms with Gasteiger partial charge in [-0.2, -0.15) is 0 Å². The van der Waals surface area contributed by atoms with E-state index in [-0.39, 0.29) is 16.9 Å². The Balaban J connectivity index is 1.86. The maximum absolute atomic E-state index is 11.1. The van der Waals surface area contributed by atoms with Crippen LogP contribution in [0.25, 0.3) is 0 Å². The number of carbonyl (C=O) groups is 1. The topological polar surface area (TPSA) is 68.7 Å². The van der Waals surface area contributed by atoms with Crippen LogP contribution in [0.4, 0.5) is 0 Å². The van der Waals surface area contributed by atoms with Crippen molar-refractivity contribution in [2.75, 3.05) is 13.7 Å². The van der Waals surface area contributed by atoms with E-state index in [1.807, 2.05) is 13.0 Å². The number of ether oxygens (including phenoxy) is 2. The average molecular weight is 452 g/mol. The minimum Gasteiger partial charge on any atom is -0.494 e. The van der Waals surface area contributed by atoms with Gasteiger partial charge in [-0.25, -0.2) is 9.78 Å². The molecule has 5 heteroatoms. The fraction of sp³-hybridized carbons (Fsp3) is 0.429. The van der Waals surface area contributed by atoms with Gasteiger partial charge in [0, 0.05) is 6.20 Å². The number of aromatic carboxylic acids is 1. The fourth-order valence-electron chi connectivity index (χ4n) is 3.95. The van der Waals surface area contributed by atoms with Gasteiger partial charge in [-0.1, -0.05) is 67.0 Å². The molecule has 0 bridgehead atoms. The largest absolute Gasteiger partial charge is 0.494 e. The molecule has 0 aromatic carbocycles. The SMILES string of the molecule is COc1cc(COCC=C(C)C=CC=C(C)C=CC2=C(C)CCCC2(C)C)cnc1C(=O)O. The Bertz CT molecular complexity index is 993. The lowest BCUT2D eigenvalue weighted by molar-refractivity contribution is 0.0686. The summed E-state index contributed by atoms with van der Waals surface area (Å²) in [5, 5.41) is 9.09. The normalized spacial score (nSPS) is 17.3. The maximum atomic E-state index is 11.1. The van der Waals surface area contributed by atoms with Gasteiger partial charge in [-0.3, -0.25) is 0 Å². The monoisotopic (exact) mass is 451 g/mol. The summed E-state index contributed by atoms with van der Waals surface area (Å²) in [6.07, 6.45) is 18.0. The molecule has 0 unspecified atom stereocenters. The van der Waals surface area contributed by atoms with Crippen molar-refractivity contribution in [2.24, 2.45) is 5.41 Å². The van der Waals surface area contributed by atoms with Gasteiger partial charge >= 0.3 is 5.97 Å². The number of pyridine rings is 1. The molecule has 0 fully saturated rings. The second-order valence-electron chi connectivity index (χ2n) is 9.20. The van der Waals surface area contributed by atoms with Crippen LogP contribution in [0.1, 0.15) is 69.9 Å². The summed E-state index contributed by atoms with van der Waals surface area (Å²) in [6.45, 7) is 11.9. The molecule has 1 aliphatic rings. The standard InChI is InChI=1S/C28H37NO4/c1-20(12-13-24-22(3)11-8-15-28(24,4)5)9-7-10-21(2)14-16-33-19-23-17-25(32-6)26(27(30)31)29-18-23/h7,9-10,12-14,17-18H,8,11,15-16,19H2,1-6H3,(H,30,31). The number of methoxy groups -OCH3 is 1. The third-order valence-corrected chi connectivity index (χ3v) is 5.90. The quantitative estimate of drug-likeness (QED) is 0.312. The third kappa shape index (κ3) is 8.17. The van der Waals surface area contributed by atoms with E-state index in [0.29, 0.717) is 13.2 Å². The molecule has 0 spiro atoms. The molecule has 1 heterocycles. The highest BCUT2D eigenvalue weighted by atomic mass is 16.5. The van der Waals surface area contributed by atoms with Crippen molar-refractivity contribution in [3.63, 3.8) is 0 Å². The van der Waals surface area contributed by atoms with Crippen molar-refractivity contribution in [3.8, 4) is 5.75 Å². The van der Waals surface area contributed by atoms with Gasteiger partial charge in [0.05, 0.1) is 20.3 Å². The zero-order valence-electron chi connectivity index (χ0n) is 20.8. The molecule has 1 N–H and O–H groups in total. The van der Waals surface area contributed by atoms with Crippen molar-refractivity contribution in [3.05, 3.63) is 82.3 Å². The predicted molar refractivity (Wildman–Crippen MR) is 134 cm³/mol. The molecular weight excluding hydrogens is 414 g/mol. The van der Waals surface area contributed by atoms with E-state index in [2.05, 4.69) is 63.1 Å². The van der Waals surface area contributed by atoms with Crippen molar-refractivity contribution in [2.45, 2.75) is 60.5 Å². The molecule has 33 heavy (non-hydrogen) atoms. The number of carboxylic acid groups (broad SMARTS) is 1. The molecule has 0 atom stereocenters. The molecule has 0 amide bonds. The molecule has 0 radical (unpaired) electrons. The molecule has 1 aromatic rings. The van der Waals surface area contributed by atoms with Gasteiger partial charge in [-0.15, -0.1) is 0 Å². The Morgan fingerprint density at radius 3 is 2.67 bits per heavy atom. The Kier molecular flexibility index (Phi) is 9.86. The first-order chi connectivity index (χ1) is 15.6. The van der Waals surface area contributed by atoms with E-state index < -0.39 is 5.97 Å². The fourth-order valence-corrected chi connectivity index (χ4v) is 3.95. The molecule has 0 saturated carbocycles. The Morgan fingerprint density at radius 2 is 2.00 bits per heavy atom. The van der Waals surface area contributed by atoms with E-state index in [4.69, 9.17) is 14.6 Å². The lowest BCUT2D eigenvalue weighted by Gasteiger charge is -2.32. The molecule has 1 aromatic heterocycles. The second kappa shape index (κ2) is 12.4. The summed E-state index contributed by atoms with van der Waals surface area (Å²) < 4.78 is 10.8. The van der Waals surface area contributed by atoms with Gasteiger partial charge in [0.15, 0.2) is 11.4 Å². The van der Waals surface area contributed by atoms with Gasteiger partial charge in [0.2, 0.25) is 0 Å². The summed E-state index contributed by atoms with van der Waals surface area (Å²) in [6, 6.07) is 1.64. The van der Waals surface area contributed by atoms with E-state index in [9.17, 15) is 4.79 Å². The number of carboxylic acids is 1. The second-order valence-corrected chi connectivity index (χ2v) is 9.20. The lowest BCUT2D eigenvalue weighted by Crippen LogP contribution is -2.19. The van der Waals surface area contributed by atoms with Crippen LogP contribution >= 0.6 is 0 Å². The number of aromatic nitrogens is 1. The lowest BCUT2D eigenvalue weighted by atomic mass is 9.72. The number of rotatable bonds is 10. The molecular formula is C28H37NO4. The number of allylic oxidation sites excluding steroid dienone is 9. The van der Waals surface area contributed by atoms with Gasteiger partial charge in [-0.05, 0) is 62.7 Å². The minimum absolute atomic E-state index is 0.102. The third-order valence-electron chi connectivity index (χ3n) is 5.90. The highest BCUT2D eigenvalue weighted by Gasteiger charge is 2.26. The first-order valence-corrected chi connectivity index (χ1v) is 11.4. The Morgan fingerprint density at radius 1 is 1.24 bits per heavy atom. The van der Waals surface area contributed by atoms with Crippen LogP contribution in [0, 0.1) is 5.41 Å². The van der Waals surface area contributed by atoms with Crippen molar-refractivity contribution in [1.82, 2.24) is 4.98 Å². The van der Waals surface area contributed by atoms with E-state index in [1.165, 1.54) is 49.3 Å². The average Bonchev–Trinajstić information content (AvgIpc) is 2.75. The summed E-state index contributed by atoms with van der Waals surface area (Å²) in [4.78, 5) is 15.0. The summed E-state index contributed by atoms with van der Waals surface area (Å²) >= 11 is 0. The molecule has 5 nitrogen and oxygen atoms in total. The maximum Gasteiger partial charge on any atom is 0.358 e. The minimum atomic E-state index is -1.12. The number of hydrogen-bond donors (Lipinski definition) is 1. The smallest absolute Gasteiger partial charge is 0.358 e. The van der Waals surface area contributed by atoms with E-state index in [1.54, 1.807) is 6.07 Å². The first-order valence-electron chi connectivity index (χ1n) is 11.4. The number of hydrogen-bond acceptors (Lipinski definition) is 4. The molecule has 0 saturated heterocycles. The molecule has 0 aliphatic heterocycles. The van der Waals surface area contributed by atoms with Crippen LogP contribution in [0.15, 0.2) is 71.0 Å². The van der Waals surface area contributed by atoms with Crippen LogP contribution in [-0.4, -0.2) is 29.8 Å². The highest BCUT2D eigenvalue weighted by molar-refractivity contribution is 5.88. The summed E-state index contributed by atoms with van der Waals surface area (Å²) in [5.41, 5.74) is 6.22. The zero-order valence-corrected chi connectivity index (χ0v) is 20.8. The van der Waals surface area contributed by atoms with Crippen molar-refractivity contribution < 1.29 is 19.4 Å². The van der Waals surface area contributed by atoms with E-state index >= 15 is 0 Å². The summed E-state index contributed by atoms with van der Waals surface area (Å²) in [5.74, 6) is -0.887. The molecule has 1 aliphatic carbocycles. The van der Waals surface area contributed by atoms with Gasteiger partial charge in [0.1, 0.15) is 0 Å². The van der Waals surface area contributed by atoms with Crippen LogP contribution in [0.5, 0.6) is 5.75 Å². The predicted octanol–water partition coefficient (Wildman–Crippen LogP) is 6.84. The van der Waals surface area contributed by atoms with Gasteiger partial charge < -0.3 is 14.6 Å². The molecule has 2 rings (SSSR count). The Hall–Kier alpha value is -2.92. The Labute approximate surface area is 198 Å². The zero-order chi connectivity index (χ0) is 24.4. The highest BCUT2D eigenvalue weighted by Crippen LogP contribution is 2.40. The van der Waals surface area contributed by atoms with E-state index in [0.717, 1.165) is 11.1 Å². The van der Waals surface area contributed by atoms with Crippen molar-refractivity contribution >= 4 is 5.97 Å². The van der Waals surface area contributed by atoms with Crippen LogP contribution in [-0.2, 0) is 11.3 Å². The summed E-state index contributed by atoms with van der Waals surface area (Å²) in [7, 11) is 1.42. The van der Waals surface area contributed by atoms with Crippen LogP contribution < -0.4 is 4.74 Å². The van der Waals surface area contributed by atoms with Crippen LogP contribution in [0.2, 0.25) is 0 Å². The van der Waals surface area contributed by atoms with Crippen LogP contribution in [0.3, 0.4) is 0 Å². The first kappa shape index (κ1) is 26.3. The molecule has 178 valence electrons. The van der Waals surface area contributed by atoms with Crippen molar-refractivity contribution in [1.29, 1.82) is 0 Å².